The van der Waals surface area contributed by atoms with E-state index in [9.17, 15) is 4.79 Å². The maximum absolute atomic E-state index is 12.4. The lowest BCUT2D eigenvalue weighted by atomic mass is 10.1. The fourth-order valence-electron chi connectivity index (χ4n) is 3.44. The first-order chi connectivity index (χ1) is 12.7. The molecule has 1 unspecified atom stereocenters. The number of carbonyl (C=O) groups excluding carboxylic acids is 1. The van der Waals surface area contributed by atoms with Crippen molar-refractivity contribution in [2.24, 2.45) is 5.92 Å². The minimum atomic E-state index is 0.140. The third-order valence-corrected chi connectivity index (χ3v) is 5.26. The summed E-state index contributed by atoms with van der Waals surface area (Å²) >= 11 is 0. The molecular formula is C23H30N2O. The zero-order valence-electron chi connectivity index (χ0n) is 15.7. The third kappa shape index (κ3) is 5.99. The minimum absolute atomic E-state index is 0.140. The van der Waals surface area contributed by atoms with Gasteiger partial charge < -0.3 is 5.32 Å². The van der Waals surface area contributed by atoms with E-state index < -0.39 is 0 Å². The van der Waals surface area contributed by atoms with Crippen molar-refractivity contribution in [3.63, 3.8) is 0 Å². The van der Waals surface area contributed by atoms with Crippen LogP contribution in [0.2, 0.25) is 0 Å². The van der Waals surface area contributed by atoms with Gasteiger partial charge in [-0.2, -0.15) is 0 Å². The number of carbonyl (C=O) groups is 1. The van der Waals surface area contributed by atoms with Crippen LogP contribution < -0.4 is 5.32 Å². The monoisotopic (exact) mass is 350 g/mol. The van der Waals surface area contributed by atoms with Gasteiger partial charge in [0.05, 0.1) is 6.54 Å². The summed E-state index contributed by atoms with van der Waals surface area (Å²) in [5, 5.41) is 3.10. The van der Waals surface area contributed by atoms with E-state index in [1.807, 2.05) is 12.1 Å². The molecule has 1 N–H and O–H groups in total. The molecule has 3 heteroatoms. The van der Waals surface area contributed by atoms with Crippen molar-refractivity contribution in [3.05, 3.63) is 71.8 Å². The van der Waals surface area contributed by atoms with Crippen LogP contribution in [-0.4, -0.2) is 29.9 Å². The molecule has 26 heavy (non-hydrogen) atoms. The van der Waals surface area contributed by atoms with Crippen molar-refractivity contribution in [1.29, 1.82) is 0 Å². The second-order valence-electron chi connectivity index (χ2n) is 7.41. The van der Waals surface area contributed by atoms with Gasteiger partial charge in [0, 0.05) is 19.1 Å². The number of hydrogen-bond acceptors (Lipinski definition) is 2. The SMILES string of the molecule is CC(C1CC1)N(CC(=O)NCCCc1ccccc1)Cc1ccccc1. The fourth-order valence-corrected chi connectivity index (χ4v) is 3.44. The van der Waals surface area contributed by atoms with Crippen LogP contribution in [0.1, 0.15) is 37.3 Å². The number of amides is 1. The molecule has 2 aromatic rings. The van der Waals surface area contributed by atoms with Crippen LogP contribution in [-0.2, 0) is 17.8 Å². The molecule has 0 bridgehead atoms. The molecule has 1 aliphatic rings. The van der Waals surface area contributed by atoms with Crippen molar-refractivity contribution < 1.29 is 4.79 Å². The van der Waals surface area contributed by atoms with Crippen molar-refractivity contribution >= 4 is 5.91 Å². The zero-order chi connectivity index (χ0) is 18.2. The highest BCUT2D eigenvalue weighted by molar-refractivity contribution is 5.78. The molecule has 1 amide bonds. The molecule has 1 aliphatic carbocycles. The Balaban J connectivity index is 1.45. The summed E-state index contributed by atoms with van der Waals surface area (Å²) in [6.07, 6.45) is 4.58. The molecular weight excluding hydrogens is 320 g/mol. The molecule has 1 fully saturated rings. The Bertz CT molecular complexity index is 667. The van der Waals surface area contributed by atoms with Crippen molar-refractivity contribution in [2.75, 3.05) is 13.1 Å². The zero-order valence-corrected chi connectivity index (χ0v) is 15.7. The lowest BCUT2D eigenvalue weighted by Gasteiger charge is -2.28. The van der Waals surface area contributed by atoms with Gasteiger partial charge >= 0.3 is 0 Å². The van der Waals surface area contributed by atoms with Gasteiger partial charge in [0.15, 0.2) is 0 Å². The van der Waals surface area contributed by atoms with Gasteiger partial charge in [0.1, 0.15) is 0 Å². The van der Waals surface area contributed by atoms with Crippen LogP contribution >= 0.6 is 0 Å². The topological polar surface area (TPSA) is 32.3 Å². The van der Waals surface area contributed by atoms with Crippen molar-refractivity contribution in [1.82, 2.24) is 10.2 Å². The lowest BCUT2D eigenvalue weighted by Crippen LogP contribution is -2.42. The van der Waals surface area contributed by atoms with Crippen LogP contribution in [0.3, 0.4) is 0 Å². The van der Waals surface area contributed by atoms with E-state index in [-0.39, 0.29) is 5.91 Å². The smallest absolute Gasteiger partial charge is 0.234 e. The van der Waals surface area contributed by atoms with Gasteiger partial charge in [-0.15, -0.1) is 0 Å². The van der Waals surface area contributed by atoms with E-state index in [0.717, 1.165) is 31.8 Å². The summed E-state index contributed by atoms with van der Waals surface area (Å²) in [4.78, 5) is 14.8. The average Bonchev–Trinajstić information content (AvgIpc) is 3.51. The number of aryl methyl sites for hydroxylation is 1. The Morgan fingerprint density at radius 2 is 1.65 bits per heavy atom. The van der Waals surface area contributed by atoms with E-state index >= 15 is 0 Å². The van der Waals surface area contributed by atoms with Crippen LogP contribution in [0.15, 0.2) is 60.7 Å². The normalized spacial score (nSPS) is 15.0. The Hall–Kier alpha value is -2.13. The summed E-state index contributed by atoms with van der Waals surface area (Å²) in [5.74, 6) is 0.895. The first-order valence-electron chi connectivity index (χ1n) is 9.81. The highest BCUT2D eigenvalue weighted by Gasteiger charge is 2.32. The Morgan fingerprint density at radius 1 is 1.04 bits per heavy atom. The summed E-state index contributed by atoms with van der Waals surface area (Å²) in [6, 6.07) is 21.4. The molecule has 3 rings (SSSR count). The number of nitrogens with one attached hydrogen (secondary N) is 1. The molecule has 0 heterocycles. The Kier molecular flexibility index (Phi) is 6.84. The molecule has 0 aromatic heterocycles. The summed E-state index contributed by atoms with van der Waals surface area (Å²) in [6.45, 7) is 4.34. The number of rotatable bonds is 10. The standard InChI is InChI=1S/C23H30N2O/c1-19(22-14-15-22)25(17-21-11-6-3-7-12-21)18-23(26)24-16-8-13-20-9-4-2-5-10-20/h2-7,9-12,19,22H,8,13-18H2,1H3,(H,24,26). The molecule has 2 aromatic carbocycles. The van der Waals surface area contributed by atoms with Crippen LogP contribution in [0.25, 0.3) is 0 Å². The summed E-state index contributed by atoms with van der Waals surface area (Å²) < 4.78 is 0. The number of benzene rings is 2. The maximum Gasteiger partial charge on any atom is 0.234 e. The molecule has 3 nitrogen and oxygen atoms in total. The average molecular weight is 351 g/mol. The maximum atomic E-state index is 12.4. The van der Waals surface area contributed by atoms with Crippen LogP contribution in [0.5, 0.6) is 0 Å². The molecule has 1 saturated carbocycles. The van der Waals surface area contributed by atoms with Gasteiger partial charge in [-0.25, -0.2) is 0 Å². The second-order valence-corrected chi connectivity index (χ2v) is 7.41. The first kappa shape index (κ1) is 18.7. The molecule has 138 valence electrons. The van der Waals surface area contributed by atoms with Gasteiger partial charge in [-0.05, 0) is 49.7 Å². The molecule has 0 aliphatic heterocycles. The summed E-state index contributed by atoms with van der Waals surface area (Å²) in [5.41, 5.74) is 2.60. The van der Waals surface area contributed by atoms with Crippen molar-refractivity contribution in [2.45, 2.75) is 45.2 Å². The fraction of sp³-hybridized carbons (Fsp3) is 0.435. The molecule has 0 spiro atoms. The van der Waals surface area contributed by atoms with Gasteiger partial charge in [-0.1, -0.05) is 60.7 Å². The van der Waals surface area contributed by atoms with E-state index in [1.165, 1.54) is 24.0 Å². The van der Waals surface area contributed by atoms with Gasteiger partial charge in [0.2, 0.25) is 5.91 Å². The Morgan fingerprint density at radius 3 is 2.27 bits per heavy atom. The summed E-state index contributed by atoms with van der Waals surface area (Å²) in [7, 11) is 0. The second kappa shape index (κ2) is 9.54. The van der Waals surface area contributed by atoms with Gasteiger partial charge in [-0.3, -0.25) is 9.69 Å². The molecule has 0 radical (unpaired) electrons. The Labute approximate surface area is 157 Å². The third-order valence-electron chi connectivity index (χ3n) is 5.26. The van der Waals surface area contributed by atoms with Crippen LogP contribution in [0, 0.1) is 5.92 Å². The van der Waals surface area contributed by atoms with E-state index in [2.05, 4.69) is 65.7 Å². The van der Waals surface area contributed by atoms with E-state index in [1.54, 1.807) is 0 Å². The van der Waals surface area contributed by atoms with E-state index in [0.29, 0.717) is 12.6 Å². The minimum Gasteiger partial charge on any atom is -0.355 e. The molecule has 1 atom stereocenters. The highest BCUT2D eigenvalue weighted by Crippen LogP contribution is 2.35. The number of nitrogens with zero attached hydrogens (tertiary/aromatic N) is 1. The van der Waals surface area contributed by atoms with E-state index in [4.69, 9.17) is 0 Å². The highest BCUT2D eigenvalue weighted by atomic mass is 16.2. The van der Waals surface area contributed by atoms with Crippen molar-refractivity contribution in [3.8, 4) is 0 Å². The quantitative estimate of drug-likeness (QED) is 0.656. The first-order valence-corrected chi connectivity index (χ1v) is 9.81. The molecule has 0 saturated heterocycles. The largest absolute Gasteiger partial charge is 0.355 e. The van der Waals surface area contributed by atoms with Gasteiger partial charge in [0.25, 0.3) is 0 Å². The predicted molar refractivity (Wildman–Crippen MR) is 107 cm³/mol. The number of hydrogen-bond donors (Lipinski definition) is 1. The predicted octanol–water partition coefficient (Wildman–Crippen LogP) is 4.04. The lowest BCUT2D eigenvalue weighted by molar-refractivity contribution is -0.123. The van der Waals surface area contributed by atoms with Crippen LogP contribution in [0.4, 0.5) is 0 Å².